The van der Waals surface area contributed by atoms with E-state index in [2.05, 4.69) is 46.7 Å². The van der Waals surface area contributed by atoms with Crippen LogP contribution in [-0.2, 0) is 25.7 Å². The maximum absolute atomic E-state index is 8.49. The zero-order valence-corrected chi connectivity index (χ0v) is 15.6. The highest BCUT2D eigenvalue weighted by Gasteiger charge is 2.14. The zero-order chi connectivity index (χ0) is 17.9. The molecule has 4 rings (SSSR count). The number of amidine groups is 2. The number of aryl methyl sites for hydroxylation is 4. The molecule has 0 unspecified atom stereocenters. The van der Waals surface area contributed by atoms with Crippen molar-refractivity contribution in [2.45, 2.75) is 51.4 Å². The lowest BCUT2D eigenvalue weighted by atomic mass is 9.90. The van der Waals surface area contributed by atoms with Crippen LogP contribution in [0.3, 0.4) is 0 Å². The van der Waals surface area contributed by atoms with Crippen LogP contribution in [0.4, 0.5) is 0 Å². The first kappa shape index (κ1) is 17.0. The lowest BCUT2D eigenvalue weighted by Crippen LogP contribution is -2.22. The van der Waals surface area contributed by atoms with Gasteiger partial charge in [-0.3, -0.25) is 5.41 Å². The lowest BCUT2D eigenvalue weighted by Gasteiger charge is -2.18. The zero-order valence-electron chi connectivity index (χ0n) is 15.6. The summed E-state index contributed by atoms with van der Waals surface area (Å²) in [6.45, 7) is 0. The predicted octanol–water partition coefficient (Wildman–Crippen LogP) is 4.44. The van der Waals surface area contributed by atoms with Crippen LogP contribution in [0, 0.1) is 5.41 Å². The van der Waals surface area contributed by atoms with E-state index in [1.165, 1.54) is 60.8 Å². The molecule has 0 atom stereocenters. The first-order chi connectivity index (χ1) is 12.7. The second kappa shape index (κ2) is 7.45. The van der Waals surface area contributed by atoms with Gasteiger partial charge in [-0.1, -0.05) is 24.3 Å². The van der Waals surface area contributed by atoms with E-state index in [9.17, 15) is 0 Å². The molecular formula is C23H27N3. The summed E-state index contributed by atoms with van der Waals surface area (Å²) in [5, 5.41) is 11.7. The summed E-state index contributed by atoms with van der Waals surface area (Å²) in [7, 11) is 1.89. The van der Waals surface area contributed by atoms with Crippen molar-refractivity contribution in [3.8, 4) is 0 Å². The van der Waals surface area contributed by atoms with Crippen molar-refractivity contribution in [2.75, 3.05) is 7.05 Å². The highest BCUT2D eigenvalue weighted by Crippen LogP contribution is 2.24. The number of fused-ring (bicyclic) bond motifs is 2. The minimum absolute atomic E-state index is 0.334. The third kappa shape index (κ3) is 3.44. The molecule has 3 heteroatoms. The van der Waals surface area contributed by atoms with Crippen LogP contribution in [-0.4, -0.2) is 18.7 Å². The van der Waals surface area contributed by atoms with E-state index in [0.717, 1.165) is 29.8 Å². The molecule has 0 aromatic heterocycles. The SMILES string of the molecule is CN/C(=N\C(=N)c1ccc2c(c1)CCCC2)c1ccc2c(c1)CCCC2. The van der Waals surface area contributed by atoms with Crippen molar-refractivity contribution in [2.24, 2.45) is 4.99 Å². The van der Waals surface area contributed by atoms with Crippen LogP contribution >= 0.6 is 0 Å². The number of nitrogens with zero attached hydrogens (tertiary/aromatic N) is 1. The quantitative estimate of drug-likeness (QED) is 0.614. The molecule has 0 fully saturated rings. The van der Waals surface area contributed by atoms with Crippen LogP contribution in [0.5, 0.6) is 0 Å². The van der Waals surface area contributed by atoms with E-state index in [0.29, 0.717) is 5.84 Å². The molecule has 0 spiro atoms. The Morgan fingerprint density at radius 1 is 0.769 bits per heavy atom. The van der Waals surface area contributed by atoms with Crippen molar-refractivity contribution in [3.05, 3.63) is 69.8 Å². The Labute approximate surface area is 156 Å². The van der Waals surface area contributed by atoms with Gasteiger partial charge in [0.15, 0.2) is 5.84 Å². The van der Waals surface area contributed by atoms with Gasteiger partial charge in [0.05, 0.1) is 0 Å². The molecular weight excluding hydrogens is 318 g/mol. The predicted molar refractivity (Wildman–Crippen MR) is 109 cm³/mol. The van der Waals surface area contributed by atoms with Crippen LogP contribution in [0.1, 0.15) is 59.1 Å². The molecule has 134 valence electrons. The van der Waals surface area contributed by atoms with Crippen LogP contribution in [0.2, 0.25) is 0 Å². The Balaban J connectivity index is 1.62. The number of rotatable bonds is 2. The minimum atomic E-state index is 0.334. The van der Waals surface area contributed by atoms with E-state index in [-0.39, 0.29) is 0 Å². The molecule has 2 aliphatic rings. The number of hydrogen-bond donors (Lipinski definition) is 2. The summed E-state index contributed by atoms with van der Waals surface area (Å²) >= 11 is 0. The normalized spacial score (nSPS) is 16.6. The van der Waals surface area contributed by atoms with Gasteiger partial charge in [-0.2, -0.15) is 0 Å². The fraction of sp³-hybridized carbons (Fsp3) is 0.391. The average molecular weight is 345 g/mol. The molecule has 26 heavy (non-hydrogen) atoms. The molecule has 2 aromatic carbocycles. The Kier molecular flexibility index (Phi) is 4.87. The van der Waals surface area contributed by atoms with Crippen molar-refractivity contribution in [1.82, 2.24) is 5.32 Å². The summed E-state index contributed by atoms with van der Waals surface area (Å²) in [6, 6.07) is 13.0. The average Bonchev–Trinajstić information content (AvgIpc) is 2.71. The van der Waals surface area contributed by atoms with E-state index >= 15 is 0 Å². The number of hydrogen-bond acceptors (Lipinski definition) is 1. The smallest absolute Gasteiger partial charge is 0.154 e. The summed E-state index contributed by atoms with van der Waals surface area (Å²) in [6.07, 6.45) is 9.74. The van der Waals surface area contributed by atoms with Gasteiger partial charge >= 0.3 is 0 Å². The monoisotopic (exact) mass is 345 g/mol. The molecule has 2 aromatic rings. The fourth-order valence-electron chi connectivity index (χ4n) is 4.20. The number of aliphatic imine (C=N–C) groups is 1. The van der Waals surface area contributed by atoms with Crippen LogP contribution < -0.4 is 5.32 Å². The standard InChI is InChI=1S/C23H27N3/c1-25-23(21-13-11-17-7-3-5-9-19(17)15-21)26-22(24)20-12-10-16-6-2-4-8-18(16)14-20/h10-15H,2-9H2,1H3,(H2,24,25,26). The highest BCUT2D eigenvalue weighted by molar-refractivity contribution is 6.10. The van der Waals surface area contributed by atoms with E-state index in [1.807, 2.05) is 7.05 Å². The molecule has 0 bridgehead atoms. The van der Waals surface area contributed by atoms with Crippen molar-refractivity contribution < 1.29 is 0 Å². The largest absolute Gasteiger partial charge is 0.373 e. The minimum Gasteiger partial charge on any atom is -0.373 e. The molecule has 0 aliphatic heterocycles. The van der Waals surface area contributed by atoms with Crippen LogP contribution in [0.25, 0.3) is 0 Å². The first-order valence-electron chi connectivity index (χ1n) is 9.84. The number of benzene rings is 2. The van der Waals surface area contributed by atoms with Gasteiger partial charge in [-0.25, -0.2) is 4.99 Å². The second-order valence-corrected chi connectivity index (χ2v) is 7.44. The second-order valence-electron chi connectivity index (χ2n) is 7.44. The van der Waals surface area contributed by atoms with Gasteiger partial charge < -0.3 is 5.32 Å². The van der Waals surface area contributed by atoms with Crippen molar-refractivity contribution >= 4 is 11.7 Å². The maximum atomic E-state index is 8.49. The molecule has 2 N–H and O–H groups in total. The molecule has 0 radical (unpaired) electrons. The van der Waals surface area contributed by atoms with Crippen molar-refractivity contribution in [3.63, 3.8) is 0 Å². The van der Waals surface area contributed by atoms with E-state index in [4.69, 9.17) is 5.41 Å². The maximum Gasteiger partial charge on any atom is 0.154 e. The van der Waals surface area contributed by atoms with E-state index < -0.39 is 0 Å². The molecule has 0 saturated carbocycles. The lowest BCUT2D eigenvalue weighted by molar-refractivity contribution is 0.685. The molecule has 0 heterocycles. The Morgan fingerprint density at radius 3 is 1.85 bits per heavy atom. The van der Waals surface area contributed by atoms with Gasteiger partial charge in [-0.15, -0.1) is 0 Å². The molecule has 2 aliphatic carbocycles. The highest BCUT2D eigenvalue weighted by atomic mass is 15.0. The third-order valence-corrected chi connectivity index (χ3v) is 5.70. The summed E-state index contributed by atoms with van der Waals surface area (Å²) in [5.41, 5.74) is 7.75. The van der Waals surface area contributed by atoms with Crippen molar-refractivity contribution in [1.29, 1.82) is 5.41 Å². The number of nitrogens with one attached hydrogen (secondary N) is 2. The summed E-state index contributed by atoms with van der Waals surface area (Å²) in [4.78, 5) is 4.62. The third-order valence-electron chi connectivity index (χ3n) is 5.70. The van der Waals surface area contributed by atoms with Gasteiger partial charge in [-0.05, 0) is 85.8 Å². The molecule has 0 amide bonds. The van der Waals surface area contributed by atoms with Gasteiger partial charge in [0.1, 0.15) is 5.84 Å². The van der Waals surface area contributed by atoms with Gasteiger partial charge in [0.2, 0.25) is 0 Å². The summed E-state index contributed by atoms with van der Waals surface area (Å²) < 4.78 is 0. The Morgan fingerprint density at radius 2 is 1.27 bits per heavy atom. The molecule has 0 saturated heterocycles. The topological polar surface area (TPSA) is 48.2 Å². The van der Waals surface area contributed by atoms with E-state index in [1.54, 1.807) is 0 Å². The first-order valence-corrected chi connectivity index (χ1v) is 9.84. The Bertz CT molecular complexity index is 864. The van der Waals surface area contributed by atoms with Crippen LogP contribution in [0.15, 0.2) is 41.4 Å². The fourth-order valence-corrected chi connectivity index (χ4v) is 4.20. The Hall–Kier alpha value is -2.42. The van der Waals surface area contributed by atoms with Gasteiger partial charge in [0.25, 0.3) is 0 Å². The molecule has 3 nitrogen and oxygen atoms in total. The van der Waals surface area contributed by atoms with Gasteiger partial charge in [0, 0.05) is 18.2 Å². The summed E-state index contributed by atoms with van der Waals surface area (Å²) in [5.74, 6) is 1.11.